The van der Waals surface area contributed by atoms with Crippen LogP contribution in [0.5, 0.6) is 5.75 Å². The zero-order valence-corrected chi connectivity index (χ0v) is 15.6. The molecule has 0 radical (unpaired) electrons. The number of ether oxygens (including phenoxy) is 2. The summed E-state index contributed by atoms with van der Waals surface area (Å²) in [4.78, 5) is 26.0. The number of rotatable bonds is 4. The molecule has 6 heteroatoms. The zero-order valence-electron chi connectivity index (χ0n) is 15.6. The maximum atomic E-state index is 13.2. The number of carbonyl (C=O) groups is 2. The SMILES string of the molecule is CCOC(=O)c1ccc2c(c1)[C@@H](Oc1ccc(F)cc1)C[C@@H](C)N2C(C)=O. The van der Waals surface area contributed by atoms with Crippen LogP contribution in [-0.4, -0.2) is 24.5 Å². The molecular weight excluding hydrogens is 349 g/mol. The molecule has 0 aliphatic carbocycles. The summed E-state index contributed by atoms with van der Waals surface area (Å²) in [6.07, 6.45) is 0.182. The van der Waals surface area contributed by atoms with E-state index in [1.165, 1.54) is 19.1 Å². The van der Waals surface area contributed by atoms with E-state index in [9.17, 15) is 14.0 Å². The van der Waals surface area contributed by atoms with E-state index >= 15 is 0 Å². The second-order valence-electron chi connectivity index (χ2n) is 6.53. The highest BCUT2D eigenvalue weighted by molar-refractivity contribution is 5.95. The lowest BCUT2D eigenvalue weighted by Gasteiger charge is -2.39. The minimum atomic E-state index is -0.422. The number of fused-ring (bicyclic) bond motifs is 1. The summed E-state index contributed by atoms with van der Waals surface area (Å²) >= 11 is 0. The van der Waals surface area contributed by atoms with Gasteiger partial charge in [0.05, 0.1) is 17.9 Å². The van der Waals surface area contributed by atoms with Gasteiger partial charge in [-0.1, -0.05) is 0 Å². The molecule has 0 saturated carbocycles. The molecule has 0 N–H and O–H groups in total. The molecule has 1 amide bonds. The molecule has 27 heavy (non-hydrogen) atoms. The highest BCUT2D eigenvalue weighted by atomic mass is 19.1. The lowest BCUT2D eigenvalue weighted by atomic mass is 9.92. The quantitative estimate of drug-likeness (QED) is 0.753. The van der Waals surface area contributed by atoms with Gasteiger partial charge in [-0.2, -0.15) is 0 Å². The van der Waals surface area contributed by atoms with Gasteiger partial charge in [0.15, 0.2) is 0 Å². The summed E-state index contributed by atoms with van der Waals surface area (Å²) in [5, 5.41) is 0. The molecule has 0 bridgehead atoms. The van der Waals surface area contributed by atoms with E-state index in [-0.39, 0.29) is 30.5 Å². The van der Waals surface area contributed by atoms with Crippen LogP contribution in [0.3, 0.4) is 0 Å². The number of carbonyl (C=O) groups excluding carboxylic acids is 2. The molecule has 142 valence electrons. The van der Waals surface area contributed by atoms with Gasteiger partial charge in [-0.05, 0) is 56.3 Å². The van der Waals surface area contributed by atoms with Crippen molar-refractivity contribution in [3.05, 3.63) is 59.4 Å². The number of amides is 1. The Hall–Kier alpha value is -2.89. The van der Waals surface area contributed by atoms with Crippen LogP contribution in [0, 0.1) is 5.82 Å². The van der Waals surface area contributed by atoms with Gasteiger partial charge in [-0.3, -0.25) is 4.79 Å². The second kappa shape index (κ2) is 7.78. The number of hydrogen-bond acceptors (Lipinski definition) is 4. The van der Waals surface area contributed by atoms with Crippen LogP contribution < -0.4 is 9.64 Å². The zero-order chi connectivity index (χ0) is 19.6. The number of esters is 1. The highest BCUT2D eigenvalue weighted by Gasteiger charge is 2.34. The lowest BCUT2D eigenvalue weighted by molar-refractivity contribution is -0.117. The van der Waals surface area contributed by atoms with Crippen molar-refractivity contribution >= 4 is 17.6 Å². The van der Waals surface area contributed by atoms with Crippen LogP contribution in [-0.2, 0) is 9.53 Å². The molecule has 3 rings (SSSR count). The average molecular weight is 371 g/mol. The number of halogens is 1. The molecule has 2 aromatic carbocycles. The van der Waals surface area contributed by atoms with Gasteiger partial charge in [0.2, 0.25) is 5.91 Å². The molecule has 1 aliphatic heterocycles. The van der Waals surface area contributed by atoms with E-state index in [4.69, 9.17) is 9.47 Å². The van der Waals surface area contributed by atoms with Crippen molar-refractivity contribution in [2.75, 3.05) is 11.5 Å². The first kappa shape index (κ1) is 18.9. The maximum absolute atomic E-state index is 13.2. The Morgan fingerprint density at radius 2 is 1.89 bits per heavy atom. The Bertz CT molecular complexity index is 850. The molecule has 5 nitrogen and oxygen atoms in total. The summed E-state index contributed by atoms with van der Waals surface area (Å²) in [7, 11) is 0. The van der Waals surface area contributed by atoms with Crippen LogP contribution >= 0.6 is 0 Å². The summed E-state index contributed by atoms with van der Waals surface area (Å²) < 4.78 is 24.3. The number of benzene rings is 2. The fourth-order valence-corrected chi connectivity index (χ4v) is 3.42. The maximum Gasteiger partial charge on any atom is 0.338 e. The molecule has 1 heterocycles. The van der Waals surface area contributed by atoms with E-state index in [1.54, 1.807) is 42.2 Å². The largest absolute Gasteiger partial charge is 0.486 e. The van der Waals surface area contributed by atoms with Crippen molar-refractivity contribution in [2.45, 2.75) is 39.3 Å². The summed E-state index contributed by atoms with van der Waals surface area (Å²) in [5.74, 6) is -0.314. The van der Waals surface area contributed by atoms with Gasteiger partial charge >= 0.3 is 5.97 Å². The van der Waals surface area contributed by atoms with Crippen molar-refractivity contribution in [3.8, 4) is 5.75 Å². The molecule has 0 unspecified atom stereocenters. The van der Waals surface area contributed by atoms with Gasteiger partial charge < -0.3 is 14.4 Å². The molecular formula is C21H22FNO4. The summed E-state index contributed by atoms with van der Waals surface area (Å²) in [6, 6.07) is 10.8. The lowest BCUT2D eigenvalue weighted by Crippen LogP contribution is -2.43. The van der Waals surface area contributed by atoms with Crippen molar-refractivity contribution < 1.29 is 23.5 Å². The van der Waals surface area contributed by atoms with Gasteiger partial charge in [0.25, 0.3) is 0 Å². The Kier molecular flexibility index (Phi) is 5.44. The van der Waals surface area contributed by atoms with Gasteiger partial charge in [0, 0.05) is 24.9 Å². The number of nitrogens with zero attached hydrogens (tertiary/aromatic N) is 1. The van der Waals surface area contributed by atoms with Crippen LogP contribution in [0.1, 0.15) is 49.2 Å². The third-order valence-corrected chi connectivity index (χ3v) is 4.57. The van der Waals surface area contributed by atoms with E-state index in [1.807, 2.05) is 6.92 Å². The van der Waals surface area contributed by atoms with E-state index in [0.29, 0.717) is 23.4 Å². The molecule has 0 saturated heterocycles. The van der Waals surface area contributed by atoms with Gasteiger partial charge in [-0.25, -0.2) is 9.18 Å². The van der Waals surface area contributed by atoms with Gasteiger partial charge in [-0.15, -0.1) is 0 Å². The van der Waals surface area contributed by atoms with E-state index in [2.05, 4.69) is 0 Å². The topological polar surface area (TPSA) is 55.8 Å². The minimum absolute atomic E-state index is 0.0751. The van der Waals surface area contributed by atoms with Crippen molar-refractivity contribution in [1.29, 1.82) is 0 Å². The Labute approximate surface area is 157 Å². The Morgan fingerprint density at radius 1 is 1.19 bits per heavy atom. The number of hydrogen-bond donors (Lipinski definition) is 0. The number of anilines is 1. The van der Waals surface area contributed by atoms with E-state index in [0.717, 1.165) is 5.56 Å². The van der Waals surface area contributed by atoms with Crippen LogP contribution in [0.4, 0.5) is 10.1 Å². The predicted molar refractivity (Wildman–Crippen MR) is 99.4 cm³/mol. The third-order valence-electron chi connectivity index (χ3n) is 4.57. The summed E-state index contributed by atoms with van der Waals surface area (Å²) in [5.41, 5.74) is 1.85. The Morgan fingerprint density at radius 3 is 2.52 bits per heavy atom. The smallest absolute Gasteiger partial charge is 0.338 e. The van der Waals surface area contributed by atoms with Crippen LogP contribution in [0.2, 0.25) is 0 Å². The van der Waals surface area contributed by atoms with E-state index < -0.39 is 5.97 Å². The first-order chi connectivity index (χ1) is 12.9. The van der Waals surface area contributed by atoms with Crippen LogP contribution in [0.25, 0.3) is 0 Å². The van der Waals surface area contributed by atoms with Crippen molar-refractivity contribution in [2.24, 2.45) is 0 Å². The normalized spacial score (nSPS) is 18.6. The second-order valence-corrected chi connectivity index (χ2v) is 6.53. The minimum Gasteiger partial charge on any atom is -0.486 e. The Balaban J connectivity index is 2.01. The van der Waals surface area contributed by atoms with Gasteiger partial charge in [0.1, 0.15) is 17.7 Å². The first-order valence-electron chi connectivity index (χ1n) is 8.93. The standard InChI is InChI=1S/C21H22FNO4/c1-4-26-21(25)15-5-10-19-18(12-15)20(11-13(2)23(19)14(3)24)27-17-8-6-16(22)7-9-17/h5-10,12-13,20H,4,11H2,1-3H3/t13-,20+/m1/s1. The van der Waals surface area contributed by atoms with Crippen molar-refractivity contribution in [1.82, 2.24) is 0 Å². The fraction of sp³-hybridized carbons (Fsp3) is 0.333. The molecule has 0 fully saturated rings. The van der Waals surface area contributed by atoms with Crippen LogP contribution in [0.15, 0.2) is 42.5 Å². The third kappa shape index (κ3) is 3.94. The molecule has 1 aliphatic rings. The molecule has 2 atom stereocenters. The van der Waals surface area contributed by atoms with Crippen molar-refractivity contribution in [3.63, 3.8) is 0 Å². The fourth-order valence-electron chi connectivity index (χ4n) is 3.42. The monoisotopic (exact) mass is 371 g/mol. The average Bonchev–Trinajstić information content (AvgIpc) is 2.63. The highest BCUT2D eigenvalue weighted by Crippen LogP contribution is 2.40. The summed E-state index contributed by atoms with van der Waals surface area (Å²) in [6.45, 7) is 5.49. The predicted octanol–water partition coefficient (Wildman–Crippen LogP) is 4.27. The molecule has 0 spiro atoms. The first-order valence-corrected chi connectivity index (χ1v) is 8.93. The molecule has 0 aromatic heterocycles. The molecule has 2 aromatic rings.